The Morgan fingerprint density at radius 2 is 1.00 bits per heavy atom. The number of hydrogen-bond donors (Lipinski definition) is 2. The summed E-state index contributed by atoms with van der Waals surface area (Å²) in [6, 6.07) is 8.11. The van der Waals surface area contributed by atoms with Crippen LogP contribution in [0.5, 0.6) is 11.5 Å². The van der Waals surface area contributed by atoms with E-state index in [1.165, 1.54) is 36.4 Å². The average molecular weight is 657 g/mol. The standard InChI is InChI=1S/C30H28N2O11S2/c33-25-19-3-1-17(9-21(19)27(35)23(25)29(37)31-11-15-5-7-44(39,40)13-15)43-18-2-4-20-22(10-18)28(36)24(26(20)34)30(38)32-12-16-6-8-45(41,42)14-16/h1-4,9-10,15-16,23-24H,5-8,11-14H2,(H,31,37)(H,32,38). The number of rotatable bonds is 8. The molecule has 4 atom stereocenters. The zero-order valence-corrected chi connectivity index (χ0v) is 25.4. The molecule has 2 aliphatic carbocycles. The summed E-state index contributed by atoms with van der Waals surface area (Å²) in [7, 11) is -6.30. The van der Waals surface area contributed by atoms with Crippen molar-refractivity contribution in [2.24, 2.45) is 23.7 Å². The fraction of sp³-hybridized carbons (Fsp3) is 0.400. The first-order valence-electron chi connectivity index (χ1n) is 14.3. The van der Waals surface area contributed by atoms with Crippen molar-refractivity contribution in [3.8, 4) is 11.5 Å². The van der Waals surface area contributed by atoms with Crippen molar-refractivity contribution in [1.29, 1.82) is 0 Å². The van der Waals surface area contributed by atoms with Gasteiger partial charge >= 0.3 is 0 Å². The highest BCUT2D eigenvalue weighted by Gasteiger charge is 2.45. The Balaban J connectivity index is 1.11. The van der Waals surface area contributed by atoms with Crippen LogP contribution >= 0.6 is 0 Å². The minimum atomic E-state index is -3.15. The molecule has 0 aromatic heterocycles. The molecule has 2 saturated heterocycles. The largest absolute Gasteiger partial charge is 0.457 e. The van der Waals surface area contributed by atoms with E-state index >= 15 is 0 Å². The van der Waals surface area contributed by atoms with Crippen molar-refractivity contribution < 1.29 is 50.3 Å². The molecule has 15 heteroatoms. The molecule has 6 rings (SSSR count). The highest BCUT2D eigenvalue weighted by Crippen LogP contribution is 2.35. The molecule has 0 radical (unpaired) electrons. The van der Waals surface area contributed by atoms with Gasteiger partial charge in [0.05, 0.1) is 23.0 Å². The van der Waals surface area contributed by atoms with E-state index in [1.807, 2.05) is 0 Å². The number of benzene rings is 2. The Morgan fingerprint density at radius 1 is 0.622 bits per heavy atom. The van der Waals surface area contributed by atoms with Crippen molar-refractivity contribution >= 4 is 54.6 Å². The topological polar surface area (TPSA) is 204 Å². The number of ketones is 4. The molecule has 0 spiro atoms. The van der Waals surface area contributed by atoms with Crippen molar-refractivity contribution in [3.05, 3.63) is 58.7 Å². The van der Waals surface area contributed by atoms with Crippen LogP contribution in [0.1, 0.15) is 54.3 Å². The minimum absolute atomic E-state index is 0.0275. The number of fused-ring (bicyclic) bond motifs is 2. The predicted molar refractivity (Wildman–Crippen MR) is 157 cm³/mol. The molecular weight excluding hydrogens is 628 g/mol. The molecule has 2 aliphatic heterocycles. The van der Waals surface area contributed by atoms with Crippen molar-refractivity contribution in [2.45, 2.75) is 12.8 Å². The summed E-state index contributed by atoms with van der Waals surface area (Å²) in [6.45, 7) is 0.0689. The summed E-state index contributed by atoms with van der Waals surface area (Å²) in [6.07, 6.45) is 0.780. The summed E-state index contributed by atoms with van der Waals surface area (Å²) in [5, 5.41) is 5.07. The third kappa shape index (κ3) is 5.93. The van der Waals surface area contributed by atoms with Crippen molar-refractivity contribution in [3.63, 3.8) is 0 Å². The fourth-order valence-electron chi connectivity index (χ4n) is 6.24. The molecule has 2 fully saturated rings. The van der Waals surface area contributed by atoms with Gasteiger partial charge in [0.1, 0.15) is 11.5 Å². The minimum Gasteiger partial charge on any atom is -0.457 e. The van der Waals surface area contributed by atoms with Gasteiger partial charge in [-0.2, -0.15) is 0 Å². The molecule has 4 aliphatic rings. The Labute approximate surface area is 257 Å². The normalized spacial score (nSPS) is 26.0. The number of carbonyl (C=O) groups excluding carboxylic acids is 6. The summed E-state index contributed by atoms with van der Waals surface area (Å²) >= 11 is 0. The molecule has 0 bridgehead atoms. The van der Waals surface area contributed by atoms with Crippen molar-refractivity contribution in [1.82, 2.24) is 10.6 Å². The molecule has 2 heterocycles. The van der Waals surface area contributed by atoms with Gasteiger partial charge in [-0.05, 0) is 61.1 Å². The van der Waals surface area contributed by atoms with E-state index in [-0.39, 0.29) is 81.7 Å². The Bertz CT molecular complexity index is 1780. The van der Waals surface area contributed by atoms with Gasteiger partial charge in [-0.1, -0.05) is 0 Å². The van der Waals surface area contributed by atoms with E-state index in [4.69, 9.17) is 4.74 Å². The second-order valence-electron chi connectivity index (χ2n) is 11.9. The number of hydrogen-bond acceptors (Lipinski definition) is 11. The maximum absolute atomic E-state index is 13.1. The lowest BCUT2D eigenvalue weighted by Crippen LogP contribution is -2.39. The van der Waals surface area contributed by atoms with Crippen LogP contribution in [0.25, 0.3) is 0 Å². The zero-order chi connectivity index (χ0) is 32.3. The van der Waals surface area contributed by atoms with Gasteiger partial charge < -0.3 is 15.4 Å². The molecular formula is C30H28N2O11S2. The highest BCUT2D eigenvalue weighted by molar-refractivity contribution is 7.91. The molecule has 4 unspecified atom stereocenters. The van der Waals surface area contributed by atoms with Gasteiger partial charge in [0.25, 0.3) is 0 Å². The van der Waals surface area contributed by atoms with E-state index < -0.39 is 66.5 Å². The van der Waals surface area contributed by atoms with Crippen LogP contribution < -0.4 is 15.4 Å². The van der Waals surface area contributed by atoms with Gasteiger partial charge in [0.15, 0.2) is 54.6 Å². The number of amides is 2. The average Bonchev–Trinajstić information content (AvgIpc) is 3.67. The van der Waals surface area contributed by atoms with E-state index in [0.717, 1.165) is 0 Å². The van der Waals surface area contributed by atoms with E-state index in [1.54, 1.807) is 0 Å². The monoisotopic (exact) mass is 656 g/mol. The lowest BCUT2D eigenvalue weighted by Gasteiger charge is -2.12. The number of carbonyl (C=O) groups is 6. The first kappa shape index (κ1) is 30.8. The van der Waals surface area contributed by atoms with Gasteiger partial charge in [-0.15, -0.1) is 0 Å². The van der Waals surface area contributed by atoms with Gasteiger partial charge in [-0.25, -0.2) is 16.8 Å². The summed E-state index contributed by atoms with van der Waals surface area (Å²) in [5.41, 5.74) is 0.0186. The van der Waals surface area contributed by atoms with Crippen LogP contribution in [0.3, 0.4) is 0 Å². The number of ether oxygens (including phenoxy) is 1. The summed E-state index contributed by atoms with van der Waals surface area (Å²) in [5.74, 6) is -8.03. The maximum atomic E-state index is 13.1. The second-order valence-corrected chi connectivity index (χ2v) is 16.3. The lowest BCUT2D eigenvalue weighted by molar-refractivity contribution is -0.123. The molecule has 2 amide bonds. The Kier molecular flexibility index (Phi) is 7.72. The number of sulfone groups is 2. The number of nitrogens with one attached hydrogen (secondary N) is 2. The second kappa shape index (κ2) is 11.3. The van der Waals surface area contributed by atoms with E-state index in [9.17, 15) is 45.6 Å². The summed E-state index contributed by atoms with van der Waals surface area (Å²) < 4.78 is 52.5. The third-order valence-corrected chi connectivity index (χ3v) is 12.3. The first-order valence-corrected chi connectivity index (χ1v) is 18.0. The molecule has 0 saturated carbocycles. The van der Waals surface area contributed by atoms with E-state index in [2.05, 4.69) is 10.6 Å². The SMILES string of the molecule is O=C(NCC1CCS(=O)(=O)C1)C1C(=O)c2ccc(Oc3ccc4c(c3)C(=O)C(C(=O)NCC3CCS(=O)(=O)C3)C4=O)cc2C1=O. The smallest absolute Gasteiger partial charge is 0.238 e. The summed E-state index contributed by atoms with van der Waals surface area (Å²) in [4.78, 5) is 77.5. The van der Waals surface area contributed by atoms with Crippen LogP contribution in [0.2, 0.25) is 0 Å². The van der Waals surface area contributed by atoms with Gasteiger partial charge in [0, 0.05) is 35.3 Å². The maximum Gasteiger partial charge on any atom is 0.238 e. The van der Waals surface area contributed by atoms with Crippen molar-refractivity contribution in [2.75, 3.05) is 36.1 Å². The van der Waals surface area contributed by atoms with Crippen LogP contribution in [0, 0.1) is 23.7 Å². The van der Waals surface area contributed by atoms with Crippen LogP contribution in [0.4, 0.5) is 0 Å². The van der Waals surface area contributed by atoms with Gasteiger partial charge in [0.2, 0.25) is 11.8 Å². The van der Waals surface area contributed by atoms with Crippen LogP contribution in [-0.2, 0) is 29.3 Å². The molecule has 45 heavy (non-hydrogen) atoms. The lowest BCUT2D eigenvalue weighted by atomic mass is 10.0. The molecule has 2 aromatic rings. The van der Waals surface area contributed by atoms with Crippen LogP contribution in [0.15, 0.2) is 36.4 Å². The molecule has 13 nitrogen and oxygen atoms in total. The van der Waals surface area contributed by atoms with Crippen LogP contribution in [-0.4, -0.2) is 87.9 Å². The third-order valence-electron chi connectivity index (χ3n) is 8.64. The Hall–Kier alpha value is -4.24. The highest BCUT2D eigenvalue weighted by atomic mass is 32.2. The Morgan fingerprint density at radius 3 is 1.36 bits per heavy atom. The molecule has 236 valence electrons. The number of Topliss-reactive ketones (excluding diaryl/α,β-unsaturated/α-hetero) is 4. The zero-order valence-electron chi connectivity index (χ0n) is 23.7. The predicted octanol–water partition coefficient (Wildman–Crippen LogP) is 0.571. The fourth-order valence-corrected chi connectivity index (χ4v) is 9.97. The first-order chi connectivity index (χ1) is 21.2. The molecule has 2 N–H and O–H groups in total. The van der Waals surface area contributed by atoms with E-state index in [0.29, 0.717) is 12.8 Å². The quantitative estimate of drug-likeness (QED) is 0.376. The molecule has 2 aromatic carbocycles. The van der Waals surface area contributed by atoms with Gasteiger partial charge in [-0.3, -0.25) is 28.8 Å².